The number of amides is 1. The lowest BCUT2D eigenvalue weighted by molar-refractivity contribution is -0.119. The van der Waals surface area contributed by atoms with Crippen LogP contribution in [0.15, 0.2) is 53.6 Å². The summed E-state index contributed by atoms with van der Waals surface area (Å²) in [7, 11) is -2.21. The molecule has 9 nitrogen and oxygen atoms in total. The van der Waals surface area contributed by atoms with E-state index < -0.39 is 28.4 Å². The Labute approximate surface area is 162 Å². The molecule has 0 saturated heterocycles. The summed E-state index contributed by atoms with van der Waals surface area (Å²) >= 11 is 0. The topological polar surface area (TPSA) is 125 Å². The summed E-state index contributed by atoms with van der Waals surface area (Å²) in [5.41, 5.74) is 3.26. The van der Waals surface area contributed by atoms with Crippen LogP contribution in [0.2, 0.25) is 0 Å². The van der Waals surface area contributed by atoms with Crippen LogP contribution in [0.3, 0.4) is 0 Å². The average molecular weight is 405 g/mol. The molecule has 0 spiro atoms. The number of hydrazone groups is 1. The van der Waals surface area contributed by atoms with Crippen LogP contribution in [0, 0.1) is 0 Å². The third-order valence-electron chi connectivity index (χ3n) is 3.61. The summed E-state index contributed by atoms with van der Waals surface area (Å²) in [4.78, 5) is 22.9. The summed E-state index contributed by atoms with van der Waals surface area (Å²) in [6.07, 6.45) is 2.32. The average Bonchev–Trinajstić information content (AvgIpc) is 2.66. The maximum atomic E-state index is 12.1. The second-order valence-corrected chi connectivity index (χ2v) is 7.59. The molecule has 0 radical (unpaired) electrons. The number of benzene rings is 2. The molecule has 0 unspecified atom stereocenters. The van der Waals surface area contributed by atoms with Crippen molar-refractivity contribution in [1.29, 1.82) is 0 Å². The Balaban J connectivity index is 2.04. The molecule has 2 aromatic carbocycles. The highest BCUT2D eigenvalue weighted by atomic mass is 32.2. The zero-order chi connectivity index (χ0) is 20.7. The van der Waals surface area contributed by atoms with E-state index in [9.17, 15) is 18.0 Å². The third-order valence-corrected chi connectivity index (χ3v) is 4.75. The Morgan fingerprint density at radius 3 is 2.25 bits per heavy atom. The highest BCUT2D eigenvalue weighted by Crippen LogP contribution is 2.21. The summed E-state index contributed by atoms with van der Waals surface area (Å²) in [5, 5.41) is 12.6. The van der Waals surface area contributed by atoms with Gasteiger partial charge < -0.3 is 9.84 Å². The fraction of sp³-hybridized carbons (Fsp3) is 0.167. The number of anilines is 1. The van der Waals surface area contributed by atoms with E-state index in [2.05, 4.69) is 10.5 Å². The SMILES string of the molecule is COc1ccc(N(CC(=O)N/N=C\c2ccc(C(=O)O)cc2)S(C)(=O)=O)cc1. The molecule has 0 saturated carbocycles. The van der Waals surface area contributed by atoms with E-state index in [0.717, 1.165) is 10.6 Å². The number of nitrogens with one attached hydrogen (secondary N) is 1. The number of aromatic carboxylic acids is 1. The summed E-state index contributed by atoms with van der Waals surface area (Å²) in [5.74, 6) is -1.13. The minimum absolute atomic E-state index is 0.129. The van der Waals surface area contributed by atoms with Crippen molar-refractivity contribution in [3.8, 4) is 5.75 Å². The van der Waals surface area contributed by atoms with Crippen LogP contribution in [-0.2, 0) is 14.8 Å². The molecule has 2 N–H and O–H groups in total. The van der Waals surface area contributed by atoms with Crippen molar-refractivity contribution in [1.82, 2.24) is 5.43 Å². The molecule has 148 valence electrons. The lowest BCUT2D eigenvalue weighted by atomic mass is 10.1. The van der Waals surface area contributed by atoms with Gasteiger partial charge in [-0.25, -0.2) is 18.6 Å². The van der Waals surface area contributed by atoms with Crippen molar-refractivity contribution in [3.05, 3.63) is 59.7 Å². The van der Waals surface area contributed by atoms with Crippen LogP contribution in [0.1, 0.15) is 15.9 Å². The highest BCUT2D eigenvalue weighted by Gasteiger charge is 2.20. The first-order valence-electron chi connectivity index (χ1n) is 7.97. The van der Waals surface area contributed by atoms with E-state index in [0.29, 0.717) is 17.0 Å². The molecule has 0 aliphatic heterocycles. The lowest BCUT2D eigenvalue weighted by Gasteiger charge is -2.21. The lowest BCUT2D eigenvalue weighted by Crippen LogP contribution is -2.39. The van der Waals surface area contributed by atoms with Gasteiger partial charge in [-0.05, 0) is 42.0 Å². The Morgan fingerprint density at radius 1 is 1.14 bits per heavy atom. The molecule has 0 atom stereocenters. The van der Waals surface area contributed by atoms with Crippen molar-refractivity contribution < 1.29 is 27.9 Å². The molecule has 1 amide bonds. The van der Waals surface area contributed by atoms with Gasteiger partial charge in [0, 0.05) is 0 Å². The van der Waals surface area contributed by atoms with Crippen molar-refractivity contribution >= 4 is 33.8 Å². The third kappa shape index (κ3) is 5.81. The van der Waals surface area contributed by atoms with Gasteiger partial charge in [-0.3, -0.25) is 9.10 Å². The fourth-order valence-electron chi connectivity index (χ4n) is 2.20. The van der Waals surface area contributed by atoms with Crippen molar-refractivity contribution in [2.75, 3.05) is 24.2 Å². The molecular weight excluding hydrogens is 386 g/mol. The van der Waals surface area contributed by atoms with Gasteiger partial charge >= 0.3 is 5.97 Å². The van der Waals surface area contributed by atoms with Gasteiger partial charge in [0.15, 0.2) is 0 Å². The smallest absolute Gasteiger partial charge is 0.335 e. The molecule has 10 heteroatoms. The van der Waals surface area contributed by atoms with Crippen LogP contribution < -0.4 is 14.5 Å². The van der Waals surface area contributed by atoms with Crippen molar-refractivity contribution in [2.45, 2.75) is 0 Å². The maximum absolute atomic E-state index is 12.1. The van der Waals surface area contributed by atoms with Gasteiger partial charge in [0.1, 0.15) is 12.3 Å². The van der Waals surface area contributed by atoms with E-state index >= 15 is 0 Å². The highest BCUT2D eigenvalue weighted by molar-refractivity contribution is 7.92. The number of nitrogens with zero attached hydrogens (tertiary/aromatic N) is 2. The normalized spacial score (nSPS) is 11.2. The van der Waals surface area contributed by atoms with E-state index in [4.69, 9.17) is 9.84 Å². The van der Waals surface area contributed by atoms with E-state index in [-0.39, 0.29) is 5.56 Å². The number of hydrogen-bond acceptors (Lipinski definition) is 6. The molecule has 0 bridgehead atoms. The van der Waals surface area contributed by atoms with Gasteiger partial charge in [-0.15, -0.1) is 0 Å². The number of carboxylic acid groups (broad SMARTS) is 1. The first-order valence-corrected chi connectivity index (χ1v) is 9.82. The van der Waals surface area contributed by atoms with E-state index in [1.54, 1.807) is 12.1 Å². The number of hydrogen-bond donors (Lipinski definition) is 2. The molecule has 2 aromatic rings. The number of ether oxygens (including phenoxy) is 1. The number of carbonyl (C=O) groups is 2. The molecule has 0 fully saturated rings. The Morgan fingerprint density at radius 2 is 1.75 bits per heavy atom. The Bertz CT molecular complexity index is 969. The maximum Gasteiger partial charge on any atom is 0.335 e. The van der Waals surface area contributed by atoms with Crippen LogP contribution >= 0.6 is 0 Å². The summed E-state index contributed by atoms with van der Waals surface area (Å²) < 4.78 is 30.0. The quantitative estimate of drug-likeness (QED) is 0.504. The number of carbonyl (C=O) groups excluding carboxylic acids is 1. The van der Waals surface area contributed by atoms with Gasteiger partial charge in [0.25, 0.3) is 5.91 Å². The summed E-state index contributed by atoms with van der Waals surface area (Å²) in [6.45, 7) is -0.458. The predicted octanol–water partition coefficient (Wildman–Crippen LogP) is 1.31. The first-order chi connectivity index (χ1) is 13.2. The van der Waals surface area contributed by atoms with Crippen molar-refractivity contribution in [2.24, 2.45) is 5.10 Å². The van der Waals surface area contributed by atoms with Crippen LogP contribution in [0.5, 0.6) is 5.75 Å². The predicted molar refractivity (Wildman–Crippen MR) is 104 cm³/mol. The molecule has 0 aliphatic carbocycles. The van der Waals surface area contributed by atoms with Crippen LogP contribution in [-0.4, -0.2) is 51.5 Å². The van der Waals surface area contributed by atoms with Crippen LogP contribution in [0.4, 0.5) is 5.69 Å². The van der Waals surface area contributed by atoms with Gasteiger partial charge in [-0.1, -0.05) is 12.1 Å². The largest absolute Gasteiger partial charge is 0.497 e. The summed E-state index contributed by atoms with van der Waals surface area (Å²) in [6, 6.07) is 12.1. The molecular formula is C18H19N3O6S. The Hall–Kier alpha value is -3.40. The standard InChI is InChI=1S/C18H19N3O6S/c1-27-16-9-7-15(8-10-16)21(28(2,25)26)12-17(22)20-19-11-13-3-5-14(6-4-13)18(23)24/h3-11H,12H2,1-2H3,(H,20,22)(H,23,24)/b19-11-. The zero-order valence-electron chi connectivity index (χ0n) is 15.2. The fourth-order valence-corrected chi connectivity index (χ4v) is 3.06. The molecule has 28 heavy (non-hydrogen) atoms. The zero-order valence-corrected chi connectivity index (χ0v) is 16.0. The monoisotopic (exact) mass is 405 g/mol. The number of sulfonamides is 1. The van der Waals surface area contributed by atoms with Crippen molar-refractivity contribution in [3.63, 3.8) is 0 Å². The molecule has 0 aliphatic rings. The molecule has 0 heterocycles. The minimum Gasteiger partial charge on any atom is -0.497 e. The number of carboxylic acids is 1. The second-order valence-electron chi connectivity index (χ2n) is 5.69. The second kappa shape index (κ2) is 9.00. The number of methoxy groups -OCH3 is 1. The van der Waals surface area contributed by atoms with Crippen LogP contribution in [0.25, 0.3) is 0 Å². The number of rotatable bonds is 8. The van der Waals surface area contributed by atoms with Gasteiger partial charge in [-0.2, -0.15) is 5.10 Å². The van der Waals surface area contributed by atoms with E-state index in [1.165, 1.54) is 49.7 Å². The van der Waals surface area contributed by atoms with Gasteiger partial charge in [0.2, 0.25) is 10.0 Å². The molecule has 2 rings (SSSR count). The first kappa shape index (κ1) is 20.9. The van der Waals surface area contributed by atoms with Gasteiger partial charge in [0.05, 0.1) is 30.8 Å². The molecule has 0 aromatic heterocycles. The van der Waals surface area contributed by atoms with E-state index in [1.807, 2.05) is 0 Å². The minimum atomic E-state index is -3.70. The Kier molecular flexibility index (Phi) is 6.72.